The number of benzene rings is 3. The lowest BCUT2D eigenvalue weighted by Crippen LogP contribution is -2.35. The Balaban J connectivity index is 1.60. The zero-order valence-electron chi connectivity index (χ0n) is 14.9. The first-order valence-electron chi connectivity index (χ1n) is 8.51. The van der Waals surface area contributed by atoms with Crippen LogP contribution in [-0.2, 0) is 11.3 Å². The van der Waals surface area contributed by atoms with Gasteiger partial charge in [0.25, 0.3) is 5.91 Å². The molecule has 3 rings (SSSR count). The Kier molecular flexibility index (Phi) is 5.03. The van der Waals surface area contributed by atoms with Crippen molar-refractivity contribution in [1.29, 1.82) is 0 Å². The molecule has 0 saturated carbocycles. The number of fused-ring (bicyclic) bond motifs is 1. The van der Waals surface area contributed by atoms with E-state index in [0.29, 0.717) is 6.54 Å². The van der Waals surface area contributed by atoms with Crippen molar-refractivity contribution in [3.8, 4) is 5.75 Å². The van der Waals surface area contributed by atoms with Crippen molar-refractivity contribution in [3.63, 3.8) is 0 Å². The monoisotopic (exact) mass is 333 g/mol. The highest BCUT2D eigenvalue weighted by Crippen LogP contribution is 2.18. The molecule has 0 aliphatic heterocycles. The summed E-state index contributed by atoms with van der Waals surface area (Å²) in [7, 11) is 0. The third-order valence-electron chi connectivity index (χ3n) is 4.16. The molecule has 0 radical (unpaired) electrons. The van der Waals surface area contributed by atoms with E-state index in [1.54, 1.807) is 6.92 Å². The van der Waals surface area contributed by atoms with Crippen LogP contribution < -0.4 is 10.1 Å². The van der Waals surface area contributed by atoms with Crippen molar-refractivity contribution in [2.45, 2.75) is 33.4 Å². The van der Waals surface area contributed by atoms with Gasteiger partial charge in [0, 0.05) is 6.54 Å². The van der Waals surface area contributed by atoms with Crippen LogP contribution in [0.5, 0.6) is 5.75 Å². The van der Waals surface area contributed by atoms with Gasteiger partial charge in [0.1, 0.15) is 5.75 Å². The summed E-state index contributed by atoms with van der Waals surface area (Å²) in [5.74, 6) is 0.609. The quantitative estimate of drug-likeness (QED) is 0.744. The zero-order chi connectivity index (χ0) is 17.8. The van der Waals surface area contributed by atoms with Gasteiger partial charge in [-0.2, -0.15) is 0 Å². The molecule has 3 aromatic rings. The predicted octanol–water partition coefficient (Wildman–Crippen LogP) is 4.54. The number of rotatable bonds is 5. The van der Waals surface area contributed by atoms with Gasteiger partial charge in [-0.05, 0) is 66.4 Å². The predicted molar refractivity (Wildman–Crippen MR) is 102 cm³/mol. The first kappa shape index (κ1) is 17.0. The van der Waals surface area contributed by atoms with Crippen LogP contribution in [0.4, 0.5) is 0 Å². The molecule has 0 bridgehead atoms. The molecule has 3 aromatic carbocycles. The molecule has 0 aliphatic rings. The molecule has 3 heteroatoms. The molecule has 0 fully saturated rings. The summed E-state index contributed by atoms with van der Waals surface area (Å²) in [5, 5.41) is 5.32. The summed E-state index contributed by atoms with van der Waals surface area (Å²) < 4.78 is 5.78. The van der Waals surface area contributed by atoms with E-state index < -0.39 is 6.10 Å². The highest BCUT2D eigenvalue weighted by Gasteiger charge is 2.14. The van der Waals surface area contributed by atoms with E-state index in [-0.39, 0.29) is 5.91 Å². The average Bonchev–Trinajstić information content (AvgIpc) is 2.58. The number of nitrogens with one attached hydrogen (secondary N) is 1. The molecular weight excluding hydrogens is 310 g/mol. The lowest BCUT2D eigenvalue weighted by atomic mass is 10.1. The Morgan fingerprint density at radius 2 is 1.64 bits per heavy atom. The van der Waals surface area contributed by atoms with Crippen LogP contribution in [-0.4, -0.2) is 12.0 Å². The number of hydrogen-bond acceptors (Lipinski definition) is 2. The fourth-order valence-electron chi connectivity index (χ4n) is 2.94. The first-order valence-corrected chi connectivity index (χ1v) is 8.51. The summed E-state index contributed by atoms with van der Waals surface area (Å²) in [5.41, 5.74) is 3.32. The standard InChI is InChI=1S/C22H23NO2/c1-15-10-16(2)12-21(11-15)25-17(3)22(24)23-14-18-8-9-19-6-4-5-7-20(19)13-18/h4-13,17H,14H2,1-3H3,(H,23,24). The van der Waals surface area contributed by atoms with Gasteiger partial charge in [0.15, 0.2) is 6.10 Å². The highest BCUT2D eigenvalue weighted by molar-refractivity contribution is 5.83. The van der Waals surface area contributed by atoms with E-state index in [9.17, 15) is 4.79 Å². The third kappa shape index (κ3) is 4.38. The summed E-state index contributed by atoms with van der Waals surface area (Å²) in [4.78, 5) is 12.3. The maximum absolute atomic E-state index is 12.3. The molecule has 1 atom stereocenters. The van der Waals surface area contributed by atoms with E-state index in [1.807, 2.05) is 44.2 Å². The zero-order valence-corrected chi connectivity index (χ0v) is 14.9. The number of carbonyl (C=O) groups excluding carboxylic acids is 1. The minimum atomic E-state index is -0.540. The van der Waals surface area contributed by atoms with Gasteiger partial charge >= 0.3 is 0 Å². The van der Waals surface area contributed by atoms with Crippen LogP contribution in [0, 0.1) is 13.8 Å². The van der Waals surface area contributed by atoms with Gasteiger partial charge in [-0.3, -0.25) is 4.79 Å². The van der Waals surface area contributed by atoms with Gasteiger partial charge in [0.2, 0.25) is 0 Å². The normalized spacial score (nSPS) is 12.0. The summed E-state index contributed by atoms with van der Waals surface area (Å²) >= 11 is 0. The van der Waals surface area contributed by atoms with E-state index in [2.05, 4.69) is 35.6 Å². The molecule has 0 spiro atoms. The second-order valence-corrected chi connectivity index (χ2v) is 6.48. The molecule has 1 amide bonds. The molecule has 0 aromatic heterocycles. The van der Waals surface area contributed by atoms with Crippen molar-refractivity contribution in [2.24, 2.45) is 0 Å². The van der Waals surface area contributed by atoms with E-state index in [0.717, 1.165) is 22.4 Å². The van der Waals surface area contributed by atoms with Crippen LogP contribution in [0.3, 0.4) is 0 Å². The third-order valence-corrected chi connectivity index (χ3v) is 4.16. The fourth-order valence-corrected chi connectivity index (χ4v) is 2.94. The Bertz CT molecular complexity index is 881. The van der Waals surface area contributed by atoms with E-state index >= 15 is 0 Å². The maximum Gasteiger partial charge on any atom is 0.261 e. The maximum atomic E-state index is 12.3. The van der Waals surface area contributed by atoms with Crippen molar-refractivity contribution < 1.29 is 9.53 Å². The number of carbonyl (C=O) groups is 1. The molecule has 0 aliphatic carbocycles. The van der Waals surface area contributed by atoms with E-state index in [4.69, 9.17) is 4.74 Å². The van der Waals surface area contributed by atoms with Gasteiger partial charge in [-0.15, -0.1) is 0 Å². The Hall–Kier alpha value is -2.81. The smallest absolute Gasteiger partial charge is 0.261 e. The Morgan fingerprint density at radius 3 is 2.36 bits per heavy atom. The summed E-state index contributed by atoms with van der Waals surface area (Å²) in [6.45, 7) is 6.30. The summed E-state index contributed by atoms with van der Waals surface area (Å²) in [6.07, 6.45) is -0.540. The molecule has 0 saturated heterocycles. The minimum absolute atomic E-state index is 0.118. The Morgan fingerprint density at radius 1 is 0.960 bits per heavy atom. The minimum Gasteiger partial charge on any atom is -0.481 e. The molecule has 128 valence electrons. The first-order chi connectivity index (χ1) is 12.0. The number of aryl methyl sites for hydroxylation is 2. The molecule has 1 unspecified atom stereocenters. The second-order valence-electron chi connectivity index (χ2n) is 6.48. The van der Waals surface area contributed by atoms with Crippen LogP contribution in [0.15, 0.2) is 60.7 Å². The fraction of sp³-hybridized carbons (Fsp3) is 0.227. The van der Waals surface area contributed by atoms with Crippen molar-refractivity contribution >= 4 is 16.7 Å². The number of ether oxygens (including phenoxy) is 1. The topological polar surface area (TPSA) is 38.3 Å². The van der Waals surface area contributed by atoms with Gasteiger partial charge < -0.3 is 10.1 Å². The number of amides is 1. The average molecular weight is 333 g/mol. The molecule has 25 heavy (non-hydrogen) atoms. The lowest BCUT2D eigenvalue weighted by molar-refractivity contribution is -0.127. The highest BCUT2D eigenvalue weighted by atomic mass is 16.5. The van der Waals surface area contributed by atoms with Crippen LogP contribution in [0.25, 0.3) is 10.8 Å². The largest absolute Gasteiger partial charge is 0.481 e. The molecular formula is C22H23NO2. The van der Waals surface area contributed by atoms with Crippen LogP contribution in [0.1, 0.15) is 23.6 Å². The molecule has 0 heterocycles. The second kappa shape index (κ2) is 7.39. The van der Waals surface area contributed by atoms with Crippen LogP contribution >= 0.6 is 0 Å². The van der Waals surface area contributed by atoms with Crippen molar-refractivity contribution in [1.82, 2.24) is 5.32 Å². The molecule has 1 N–H and O–H groups in total. The van der Waals surface area contributed by atoms with Crippen LogP contribution in [0.2, 0.25) is 0 Å². The van der Waals surface area contributed by atoms with Gasteiger partial charge in [0.05, 0.1) is 0 Å². The summed E-state index contributed by atoms with van der Waals surface area (Å²) in [6, 6.07) is 20.4. The van der Waals surface area contributed by atoms with E-state index in [1.165, 1.54) is 10.8 Å². The Labute approximate surface area is 148 Å². The van der Waals surface area contributed by atoms with Crippen molar-refractivity contribution in [2.75, 3.05) is 0 Å². The van der Waals surface area contributed by atoms with Gasteiger partial charge in [-0.25, -0.2) is 0 Å². The molecule has 3 nitrogen and oxygen atoms in total. The SMILES string of the molecule is Cc1cc(C)cc(OC(C)C(=O)NCc2ccc3ccccc3c2)c1. The lowest BCUT2D eigenvalue weighted by Gasteiger charge is -2.16. The number of hydrogen-bond donors (Lipinski definition) is 1. The van der Waals surface area contributed by atoms with Gasteiger partial charge in [-0.1, -0.05) is 42.5 Å². The van der Waals surface area contributed by atoms with Crippen molar-refractivity contribution in [3.05, 3.63) is 77.4 Å².